The zero-order chi connectivity index (χ0) is 25.5. The van der Waals surface area contributed by atoms with Crippen LogP contribution in [0.3, 0.4) is 0 Å². The number of hydrogen-bond donors (Lipinski definition) is 0. The molecule has 0 amide bonds. The molecule has 1 aliphatic carbocycles. The summed E-state index contributed by atoms with van der Waals surface area (Å²) in [6, 6.07) is 5.15. The molecule has 0 bridgehead atoms. The highest BCUT2D eigenvalue weighted by atomic mass is 35.5. The second-order valence-electron chi connectivity index (χ2n) is 10.6. The Hall–Kier alpha value is -2.31. The first-order valence-corrected chi connectivity index (χ1v) is 13.9. The first-order chi connectivity index (χ1) is 18.1. The van der Waals surface area contributed by atoms with Crippen LogP contribution in [0.4, 0.5) is 0 Å². The fraction of sp³-hybridized carbons (Fsp3) is 0.643. The maximum atomic E-state index is 9.69. The molecule has 0 atom stereocenters. The minimum Gasteiger partial charge on any atom is -0.475 e. The summed E-state index contributed by atoms with van der Waals surface area (Å²) in [6.07, 6.45) is 13.3. The summed E-state index contributed by atoms with van der Waals surface area (Å²) in [5.41, 5.74) is 1.95. The van der Waals surface area contributed by atoms with Crippen molar-refractivity contribution in [1.82, 2.24) is 19.9 Å². The molecule has 5 rings (SSSR count). The first-order valence-electron chi connectivity index (χ1n) is 13.5. The Balaban J connectivity index is 1.21. The van der Waals surface area contributed by atoms with Gasteiger partial charge in [-0.2, -0.15) is 5.26 Å². The summed E-state index contributed by atoms with van der Waals surface area (Å²) in [6.45, 7) is 5.40. The average Bonchev–Trinajstić information content (AvgIpc) is 3.24. The van der Waals surface area contributed by atoms with Gasteiger partial charge < -0.3 is 14.2 Å². The van der Waals surface area contributed by atoms with Crippen molar-refractivity contribution < 1.29 is 14.2 Å². The maximum absolute atomic E-state index is 9.69. The van der Waals surface area contributed by atoms with Gasteiger partial charge in [0.25, 0.3) is 0 Å². The number of aromatic nitrogens is 3. The highest BCUT2D eigenvalue weighted by molar-refractivity contribution is 6.33. The minimum atomic E-state index is -0.544. The lowest BCUT2D eigenvalue weighted by Crippen LogP contribution is -2.39. The van der Waals surface area contributed by atoms with Crippen LogP contribution in [0, 0.1) is 22.7 Å². The van der Waals surface area contributed by atoms with Crippen LogP contribution in [-0.2, 0) is 15.9 Å². The molecule has 0 aromatic carbocycles. The van der Waals surface area contributed by atoms with Gasteiger partial charge in [0.2, 0.25) is 5.88 Å². The molecule has 1 saturated carbocycles. The summed E-state index contributed by atoms with van der Waals surface area (Å²) >= 11 is 6.54. The predicted octanol–water partition coefficient (Wildman–Crippen LogP) is 4.71. The number of pyridine rings is 1. The maximum Gasteiger partial charge on any atom is 0.232 e. The van der Waals surface area contributed by atoms with Crippen LogP contribution >= 0.6 is 11.6 Å². The molecular weight excluding hydrogens is 490 g/mol. The van der Waals surface area contributed by atoms with Gasteiger partial charge in [-0.25, -0.2) is 4.98 Å². The number of nitriles is 1. The summed E-state index contributed by atoms with van der Waals surface area (Å²) in [5.74, 6) is 1.02. The lowest BCUT2D eigenvalue weighted by molar-refractivity contribution is 0.0182. The third-order valence-corrected chi connectivity index (χ3v) is 8.37. The number of hydrogen-bond acceptors (Lipinski definition) is 8. The van der Waals surface area contributed by atoms with Gasteiger partial charge in [0.05, 0.1) is 41.2 Å². The molecule has 0 N–H and O–H groups in total. The van der Waals surface area contributed by atoms with Gasteiger partial charge in [-0.05, 0) is 63.4 Å². The van der Waals surface area contributed by atoms with E-state index in [1.54, 1.807) is 18.6 Å². The van der Waals surface area contributed by atoms with Crippen LogP contribution in [0.1, 0.15) is 50.6 Å². The molecule has 0 unspecified atom stereocenters. The first kappa shape index (κ1) is 26.3. The minimum absolute atomic E-state index is 0.271. The van der Waals surface area contributed by atoms with Gasteiger partial charge in [-0.15, -0.1) is 0 Å². The third kappa shape index (κ3) is 6.77. The Labute approximate surface area is 224 Å². The lowest BCUT2D eigenvalue weighted by atomic mass is 9.82. The van der Waals surface area contributed by atoms with E-state index in [1.807, 2.05) is 6.07 Å². The van der Waals surface area contributed by atoms with E-state index in [1.165, 1.54) is 25.7 Å². The average molecular weight is 526 g/mol. The van der Waals surface area contributed by atoms with Gasteiger partial charge in [-0.3, -0.25) is 14.9 Å². The SMILES string of the molecule is N#CC1(COc2cncc(-c3cc(CC4CCC(N5CCCOCC5)CC4)ncc3Cl)n2)CCOCC1. The number of rotatable bonds is 7. The number of ether oxygens (including phenoxy) is 3. The van der Waals surface area contributed by atoms with Crippen molar-refractivity contribution in [2.45, 2.75) is 57.4 Å². The van der Waals surface area contributed by atoms with Crippen LogP contribution in [0.2, 0.25) is 5.02 Å². The van der Waals surface area contributed by atoms with Crippen molar-refractivity contribution >= 4 is 11.6 Å². The molecule has 2 aliphatic heterocycles. The van der Waals surface area contributed by atoms with Gasteiger partial charge in [-0.1, -0.05) is 11.6 Å². The smallest absolute Gasteiger partial charge is 0.232 e. The van der Waals surface area contributed by atoms with Crippen molar-refractivity contribution in [3.8, 4) is 23.2 Å². The van der Waals surface area contributed by atoms with Crippen LogP contribution < -0.4 is 4.74 Å². The summed E-state index contributed by atoms with van der Waals surface area (Å²) in [5, 5.41) is 10.2. The molecule has 4 heterocycles. The zero-order valence-electron chi connectivity index (χ0n) is 21.4. The fourth-order valence-electron chi connectivity index (χ4n) is 5.74. The Morgan fingerprint density at radius 3 is 2.68 bits per heavy atom. The molecule has 37 heavy (non-hydrogen) atoms. The van der Waals surface area contributed by atoms with E-state index >= 15 is 0 Å². The summed E-state index contributed by atoms with van der Waals surface area (Å²) in [7, 11) is 0. The second kappa shape index (κ2) is 12.5. The Bertz CT molecular complexity index is 1070. The van der Waals surface area contributed by atoms with E-state index < -0.39 is 5.41 Å². The van der Waals surface area contributed by atoms with E-state index in [9.17, 15) is 5.26 Å². The van der Waals surface area contributed by atoms with Crippen LogP contribution in [0.15, 0.2) is 24.7 Å². The van der Waals surface area contributed by atoms with Gasteiger partial charge in [0.15, 0.2) is 0 Å². The van der Waals surface area contributed by atoms with Crippen molar-refractivity contribution in [1.29, 1.82) is 5.26 Å². The standard InChI is InChI=1S/C28H36ClN5O3/c29-25-16-32-22(14-21-2-4-23(5-3-21)34-8-1-10-35-13-9-34)15-24(25)26-17-31-18-27(33-26)37-20-28(19-30)6-11-36-12-7-28/h15-18,21,23H,1-14,20H2. The van der Waals surface area contributed by atoms with Crippen molar-refractivity contribution in [3.05, 3.63) is 35.4 Å². The third-order valence-electron chi connectivity index (χ3n) is 8.07. The van der Waals surface area contributed by atoms with Crippen LogP contribution in [-0.4, -0.2) is 72.0 Å². The molecule has 2 saturated heterocycles. The van der Waals surface area contributed by atoms with Gasteiger partial charge in [0.1, 0.15) is 6.61 Å². The highest BCUT2D eigenvalue weighted by Crippen LogP contribution is 2.33. The molecule has 0 spiro atoms. The van der Waals surface area contributed by atoms with Crippen molar-refractivity contribution in [2.75, 3.05) is 46.1 Å². The largest absolute Gasteiger partial charge is 0.475 e. The molecule has 2 aromatic heterocycles. The molecule has 0 radical (unpaired) electrons. The Morgan fingerprint density at radius 2 is 1.86 bits per heavy atom. The molecule has 2 aromatic rings. The van der Waals surface area contributed by atoms with E-state index in [2.05, 4.69) is 25.9 Å². The topological polar surface area (TPSA) is 93.4 Å². The van der Waals surface area contributed by atoms with E-state index in [0.717, 1.165) is 50.4 Å². The molecule has 9 heteroatoms. The van der Waals surface area contributed by atoms with E-state index in [0.29, 0.717) is 54.6 Å². The monoisotopic (exact) mass is 525 g/mol. The number of nitrogens with zero attached hydrogens (tertiary/aromatic N) is 5. The van der Waals surface area contributed by atoms with Crippen molar-refractivity contribution in [2.24, 2.45) is 11.3 Å². The zero-order valence-corrected chi connectivity index (χ0v) is 22.2. The molecule has 3 aliphatic rings. The quantitative estimate of drug-likeness (QED) is 0.513. The van der Waals surface area contributed by atoms with E-state index in [4.69, 9.17) is 25.8 Å². The van der Waals surface area contributed by atoms with E-state index in [-0.39, 0.29) is 6.61 Å². The molecule has 198 valence electrons. The van der Waals surface area contributed by atoms with Gasteiger partial charge >= 0.3 is 0 Å². The van der Waals surface area contributed by atoms with Crippen LogP contribution in [0.25, 0.3) is 11.3 Å². The normalized spacial score (nSPS) is 24.6. The van der Waals surface area contributed by atoms with Crippen molar-refractivity contribution in [3.63, 3.8) is 0 Å². The number of halogens is 1. The summed E-state index contributed by atoms with van der Waals surface area (Å²) in [4.78, 5) is 16.3. The Kier molecular flexibility index (Phi) is 8.88. The fourth-order valence-corrected chi connectivity index (χ4v) is 5.94. The molecular formula is C28H36ClN5O3. The highest BCUT2D eigenvalue weighted by Gasteiger charge is 2.34. The molecule has 3 fully saturated rings. The lowest BCUT2D eigenvalue weighted by Gasteiger charge is -2.36. The van der Waals surface area contributed by atoms with Gasteiger partial charge in [0, 0.05) is 56.4 Å². The Morgan fingerprint density at radius 1 is 1.05 bits per heavy atom. The van der Waals surface area contributed by atoms with Crippen LogP contribution in [0.5, 0.6) is 5.88 Å². The summed E-state index contributed by atoms with van der Waals surface area (Å²) < 4.78 is 17.0. The predicted molar refractivity (Wildman–Crippen MR) is 140 cm³/mol. The second-order valence-corrected chi connectivity index (χ2v) is 11.0. The molecule has 8 nitrogen and oxygen atoms in total.